The van der Waals surface area contributed by atoms with Crippen LogP contribution in [0.5, 0.6) is 0 Å². The molecule has 0 spiro atoms. The van der Waals surface area contributed by atoms with Crippen LogP contribution < -0.4 is 4.90 Å². The third-order valence-electron chi connectivity index (χ3n) is 3.73. The second-order valence-corrected chi connectivity index (χ2v) is 5.04. The van der Waals surface area contributed by atoms with Crippen LogP contribution in [0.25, 0.3) is 0 Å². The molecule has 20 heavy (non-hydrogen) atoms. The highest BCUT2D eigenvalue weighted by Crippen LogP contribution is 2.36. The van der Waals surface area contributed by atoms with Crippen LogP contribution in [0.15, 0.2) is 24.3 Å². The van der Waals surface area contributed by atoms with Gasteiger partial charge in [0.15, 0.2) is 0 Å². The van der Waals surface area contributed by atoms with E-state index in [1.807, 2.05) is 13.0 Å². The van der Waals surface area contributed by atoms with Gasteiger partial charge < -0.3 is 14.7 Å². The predicted octanol–water partition coefficient (Wildman–Crippen LogP) is 2.02. The number of aliphatic carboxylic acids is 1. The van der Waals surface area contributed by atoms with Gasteiger partial charge in [0.2, 0.25) is 5.91 Å². The van der Waals surface area contributed by atoms with Gasteiger partial charge >= 0.3 is 5.97 Å². The quantitative estimate of drug-likeness (QED) is 0.894. The number of carbonyl (C=O) groups is 2. The third kappa shape index (κ3) is 2.82. The fourth-order valence-electron chi connectivity index (χ4n) is 2.43. The van der Waals surface area contributed by atoms with Crippen LogP contribution in [0.1, 0.15) is 31.2 Å². The Labute approximate surface area is 118 Å². The smallest absolute Gasteiger partial charge is 0.312 e. The van der Waals surface area contributed by atoms with Crippen molar-refractivity contribution in [2.24, 2.45) is 0 Å². The lowest BCUT2D eigenvalue weighted by Crippen LogP contribution is -2.31. The van der Waals surface area contributed by atoms with E-state index in [1.54, 1.807) is 30.2 Å². The molecule has 5 nitrogen and oxygen atoms in total. The van der Waals surface area contributed by atoms with Gasteiger partial charge in [0.25, 0.3) is 0 Å². The highest BCUT2D eigenvalue weighted by Gasteiger charge is 2.35. The van der Waals surface area contributed by atoms with Crippen molar-refractivity contribution in [1.29, 1.82) is 0 Å². The van der Waals surface area contributed by atoms with Gasteiger partial charge in [-0.05, 0) is 25.0 Å². The molecule has 1 amide bonds. The molecule has 5 heteroatoms. The number of carboxylic acid groups (broad SMARTS) is 1. The zero-order valence-corrected chi connectivity index (χ0v) is 11.7. The second kappa shape index (κ2) is 6.05. The Morgan fingerprint density at radius 2 is 2.15 bits per heavy atom. The number of anilines is 1. The summed E-state index contributed by atoms with van der Waals surface area (Å²) in [4.78, 5) is 25.1. The molecular formula is C15H19NO4. The molecule has 1 N–H and O–H groups in total. The molecule has 2 unspecified atom stereocenters. The van der Waals surface area contributed by atoms with Crippen molar-refractivity contribution in [3.05, 3.63) is 29.8 Å². The summed E-state index contributed by atoms with van der Waals surface area (Å²) in [6.45, 7) is 2.13. The van der Waals surface area contributed by atoms with Gasteiger partial charge in [0.05, 0.1) is 6.10 Å². The minimum atomic E-state index is -0.891. The monoisotopic (exact) mass is 277 g/mol. The Bertz CT molecular complexity index is 514. The molecule has 1 aliphatic rings. The zero-order chi connectivity index (χ0) is 14.7. The standard InChI is InChI=1S/C15H19NO4/c1-10(20-2)7-8-14(17)16-9-12(15(18)19)11-5-3-4-6-13(11)16/h3-6,10,12H,7-9H2,1-2H3,(H,18,19). The first-order valence-corrected chi connectivity index (χ1v) is 6.69. The van der Waals surface area contributed by atoms with Crippen molar-refractivity contribution in [3.63, 3.8) is 0 Å². The summed E-state index contributed by atoms with van der Waals surface area (Å²) < 4.78 is 5.13. The topological polar surface area (TPSA) is 66.8 Å². The average molecular weight is 277 g/mol. The molecule has 0 aliphatic carbocycles. The SMILES string of the molecule is COC(C)CCC(=O)N1CC(C(=O)O)c2ccccc21. The van der Waals surface area contributed by atoms with Crippen molar-refractivity contribution < 1.29 is 19.4 Å². The van der Waals surface area contributed by atoms with Crippen molar-refractivity contribution in [2.45, 2.75) is 31.8 Å². The first kappa shape index (κ1) is 14.5. The molecule has 2 atom stereocenters. The van der Waals surface area contributed by atoms with E-state index >= 15 is 0 Å². The minimum absolute atomic E-state index is 0.0204. The molecule has 0 radical (unpaired) electrons. The number of methoxy groups -OCH3 is 1. The second-order valence-electron chi connectivity index (χ2n) is 5.04. The van der Waals surface area contributed by atoms with Gasteiger partial charge in [-0.15, -0.1) is 0 Å². The predicted molar refractivity (Wildman–Crippen MR) is 74.9 cm³/mol. The van der Waals surface area contributed by atoms with Gasteiger partial charge in [-0.25, -0.2) is 0 Å². The molecule has 1 aromatic carbocycles. The molecule has 1 aliphatic heterocycles. The van der Waals surface area contributed by atoms with Crippen molar-refractivity contribution in [1.82, 2.24) is 0 Å². The maximum Gasteiger partial charge on any atom is 0.312 e. The van der Waals surface area contributed by atoms with E-state index in [0.717, 1.165) is 5.69 Å². The van der Waals surface area contributed by atoms with E-state index in [4.69, 9.17) is 4.74 Å². The molecule has 0 saturated heterocycles. The van der Waals surface area contributed by atoms with Crippen molar-refractivity contribution >= 4 is 17.6 Å². The van der Waals surface area contributed by atoms with Crippen LogP contribution >= 0.6 is 0 Å². The third-order valence-corrected chi connectivity index (χ3v) is 3.73. The van der Waals surface area contributed by atoms with Gasteiger partial charge in [-0.1, -0.05) is 18.2 Å². The lowest BCUT2D eigenvalue weighted by Gasteiger charge is -2.18. The van der Waals surface area contributed by atoms with E-state index in [1.165, 1.54) is 0 Å². The van der Waals surface area contributed by atoms with Crippen LogP contribution in [0.2, 0.25) is 0 Å². The summed E-state index contributed by atoms with van der Waals surface area (Å²) in [7, 11) is 1.61. The number of hydrogen-bond donors (Lipinski definition) is 1. The highest BCUT2D eigenvalue weighted by atomic mass is 16.5. The van der Waals surface area contributed by atoms with Crippen LogP contribution in [0.3, 0.4) is 0 Å². The van der Waals surface area contributed by atoms with E-state index < -0.39 is 11.9 Å². The Kier molecular flexibility index (Phi) is 4.39. The zero-order valence-electron chi connectivity index (χ0n) is 11.7. The van der Waals surface area contributed by atoms with Gasteiger partial charge in [-0.3, -0.25) is 9.59 Å². The largest absolute Gasteiger partial charge is 0.481 e. The van der Waals surface area contributed by atoms with Gasteiger partial charge in [0, 0.05) is 25.8 Å². The van der Waals surface area contributed by atoms with Crippen LogP contribution in [-0.4, -0.2) is 36.7 Å². The van der Waals surface area contributed by atoms with Crippen molar-refractivity contribution in [3.8, 4) is 0 Å². The maximum absolute atomic E-state index is 12.3. The first-order chi connectivity index (χ1) is 9.54. The van der Waals surface area contributed by atoms with Crippen LogP contribution in [0, 0.1) is 0 Å². The van der Waals surface area contributed by atoms with E-state index in [0.29, 0.717) is 18.4 Å². The van der Waals surface area contributed by atoms with E-state index in [2.05, 4.69) is 0 Å². The molecule has 1 heterocycles. The Balaban J connectivity index is 2.14. The Hall–Kier alpha value is -1.88. The number of carbonyl (C=O) groups excluding carboxylic acids is 1. The summed E-state index contributed by atoms with van der Waals surface area (Å²) in [5, 5.41) is 9.26. The minimum Gasteiger partial charge on any atom is -0.481 e. The number of benzene rings is 1. The molecule has 108 valence electrons. The molecule has 0 aromatic heterocycles. The van der Waals surface area contributed by atoms with Crippen molar-refractivity contribution in [2.75, 3.05) is 18.6 Å². The van der Waals surface area contributed by atoms with Gasteiger partial charge in [-0.2, -0.15) is 0 Å². The van der Waals surface area contributed by atoms with E-state index in [9.17, 15) is 14.7 Å². The molecule has 0 bridgehead atoms. The average Bonchev–Trinajstić information content (AvgIpc) is 2.84. The summed E-state index contributed by atoms with van der Waals surface area (Å²) >= 11 is 0. The van der Waals surface area contributed by atoms with Crippen LogP contribution in [0.4, 0.5) is 5.69 Å². The molecule has 2 rings (SSSR count). The Morgan fingerprint density at radius 3 is 2.80 bits per heavy atom. The fraction of sp³-hybridized carbons (Fsp3) is 0.467. The summed E-state index contributed by atoms with van der Waals surface area (Å²) in [5.74, 6) is -1.57. The molecule has 0 fully saturated rings. The number of para-hydroxylation sites is 1. The maximum atomic E-state index is 12.3. The summed E-state index contributed by atoms with van der Waals surface area (Å²) in [6, 6.07) is 7.20. The number of amides is 1. The highest BCUT2D eigenvalue weighted by molar-refractivity contribution is 5.98. The van der Waals surface area contributed by atoms with E-state index in [-0.39, 0.29) is 18.6 Å². The summed E-state index contributed by atoms with van der Waals surface area (Å²) in [6.07, 6.45) is 1.01. The molecule has 0 saturated carbocycles. The summed E-state index contributed by atoms with van der Waals surface area (Å²) in [5.41, 5.74) is 1.43. The Morgan fingerprint density at radius 1 is 1.45 bits per heavy atom. The molecule has 1 aromatic rings. The number of ether oxygens (including phenoxy) is 1. The normalized spacial score (nSPS) is 18.7. The number of rotatable bonds is 5. The molecular weight excluding hydrogens is 258 g/mol. The number of hydrogen-bond acceptors (Lipinski definition) is 3. The lowest BCUT2D eigenvalue weighted by atomic mass is 10.0. The number of carboxylic acids is 1. The fourth-order valence-corrected chi connectivity index (χ4v) is 2.43. The number of nitrogens with zero attached hydrogens (tertiary/aromatic N) is 1. The number of fused-ring (bicyclic) bond motifs is 1. The van der Waals surface area contributed by atoms with Crippen LogP contribution in [-0.2, 0) is 14.3 Å². The lowest BCUT2D eigenvalue weighted by molar-refractivity contribution is -0.138. The van der Waals surface area contributed by atoms with Gasteiger partial charge in [0.1, 0.15) is 5.92 Å². The first-order valence-electron chi connectivity index (χ1n) is 6.69.